The number of allylic oxidation sites excluding steroid dienone is 1. The number of aryl methyl sites for hydroxylation is 1. The Balaban J connectivity index is 1.57. The van der Waals surface area contributed by atoms with Crippen molar-refractivity contribution >= 4 is 33.2 Å². The van der Waals surface area contributed by atoms with Crippen molar-refractivity contribution in [2.75, 3.05) is 18.0 Å². The van der Waals surface area contributed by atoms with Crippen molar-refractivity contribution in [2.45, 2.75) is 90.1 Å². The maximum atomic E-state index is 13.5. The standard InChI is InChI=1S/C34H45ClN2O5S/c1-4-8-31-23(2)9-7-11-32(38)34(3)17-16-27(34)21-37-18-6-5-10-24-19-28(35)14-12-26(24)22-42-30-15-13-25(20-29(30)37)33(39)36-43(31,40)41/h7,11-15,19-20,23,27,31-32,38H,4-6,8-10,16-18,21-22H2,1-3H3,(H,36,39)/b11-7+/t23-,27+,31-,32+,34?/m1/s1. The molecular formula is C34H45ClN2O5S. The van der Waals surface area contributed by atoms with E-state index in [2.05, 4.69) is 16.5 Å². The van der Waals surface area contributed by atoms with Crippen LogP contribution in [0, 0.1) is 17.3 Å². The minimum atomic E-state index is -3.95. The summed E-state index contributed by atoms with van der Waals surface area (Å²) in [4.78, 5) is 15.8. The zero-order valence-electron chi connectivity index (χ0n) is 25.5. The molecule has 5 atom stereocenters. The predicted molar refractivity (Wildman–Crippen MR) is 172 cm³/mol. The third kappa shape index (κ3) is 6.91. The fourth-order valence-corrected chi connectivity index (χ4v) is 8.92. The Bertz CT molecular complexity index is 1460. The van der Waals surface area contributed by atoms with E-state index in [1.165, 1.54) is 5.56 Å². The molecule has 2 aliphatic heterocycles. The summed E-state index contributed by atoms with van der Waals surface area (Å²) in [6, 6.07) is 11.1. The predicted octanol–water partition coefficient (Wildman–Crippen LogP) is 6.66. The fourth-order valence-electron chi connectivity index (χ4n) is 6.93. The van der Waals surface area contributed by atoms with Crippen molar-refractivity contribution in [3.8, 4) is 5.75 Å². The van der Waals surface area contributed by atoms with Gasteiger partial charge in [-0.05, 0) is 98.2 Å². The number of aliphatic hydroxyl groups is 1. The van der Waals surface area contributed by atoms with Crippen LogP contribution in [-0.2, 0) is 23.1 Å². The summed E-state index contributed by atoms with van der Waals surface area (Å²) < 4.78 is 35.9. The molecule has 5 rings (SSSR count). The fraction of sp³-hybridized carbons (Fsp3) is 0.559. The molecule has 0 aromatic heterocycles. The van der Waals surface area contributed by atoms with E-state index in [1.807, 2.05) is 44.2 Å². The number of carbonyl (C=O) groups excluding carboxylic acids is 1. The molecule has 3 aliphatic rings. The summed E-state index contributed by atoms with van der Waals surface area (Å²) in [6.07, 6.45) is 9.46. The zero-order valence-corrected chi connectivity index (χ0v) is 27.1. The van der Waals surface area contributed by atoms with Crippen LogP contribution in [0.2, 0.25) is 5.02 Å². The SMILES string of the molecule is CCC[C@@H]1[C@H](C)C/C=C/[C@H](O)C2(C)CC[C@H]2CN2CCCCc3cc(Cl)ccc3COc3ccc(cc32)C(=O)NS1(=O)=O. The van der Waals surface area contributed by atoms with Gasteiger partial charge in [0.1, 0.15) is 12.4 Å². The first-order chi connectivity index (χ1) is 20.5. The minimum absolute atomic E-state index is 0.222. The molecule has 1 amide bonds. The second kappa shape index (κ2) is 13.2. The van der Waals surface area contributed by atoms with Crippen molar-refractivity contribution in [3.63, 3.8) is 0 Å². The van der Waals surface area contributed by atoms with Crippen LogP contribution in [0.4, 0.5) is 5.69 Å². The molecule has 2 aromatic carbocycles. The second-order valence-electron chi connectivity index (χ2n) is 12.9. The summed E-state index contributed by atoms with van der Waals surface area (Å²) in [5.74, 6) is 0.0389. The van der Waals surface area contributed by atoms with Crippen molar-refractivity contribution in [3.05, 3.63) is 70.3 Å². The Morgan fingerprint density at radius 3 is 2.72 bits per heavy atom. The molecule has 2 aromatic rings. The second-order valence-corrected chi connectivity index (χ2v) is 15.3. The van der Waals surface area contributed by atoms with Gasteiger partial charge in [-0.1, -0.05) is 57.0 Å². The maximum Gasteiger partial charge on any atom is 0.264 e. The van der Waals surface area contributed by atoms with Gasteiger partial charge in [-0.25, -0.2) is 13.1 Å². The normalized spacial score (nSPS) is 30.3. The topological polar surface area (TPSA) is 95.9 Å². The van der Waals surface area contributed by atoms with Crippen LogP contribution in [0.15, 0.2) is 48.6 Å². The molecule has 2 heterocycles. The van der Waals surface area contributed by atoms with Crippen LogP contribution >= 0.6 is 11.6 Å². The van der Waals surface area contributed by atoms with Gasteiger partial charge in [-0.15, -0.1) is 0 Å². The number of fused-ring (bicyclic) bond motifs is 3. The molecule has 1 saturated carbocycles. The first kappa shape index (κ1) is 31.9. The molecular weight excluding hydrogens is 584 g/mol. The number of carbonyl (C=O) groups is 1. The molecule has 1 fully saturated rings. The summed E-state index contributed by atoms with van der Waals surface area (Å²) >= 11 is 6.32. The van der Waals surface area contributed by atoms with E-state index >= 15 is 0 Å². The van der Waals surface area contributed by atoms with Crippen LogP contribution in [0.1, 0.15) is 87.2 Å². The van der Waals surface area contributed by atoms with E-state index in [9.17, 15) is 18.3 Å². The Kier molecular flexibility index (Phi) is 9.79. The van der Waals surface area contributed by atoms with Crippen LogP contribution < -0.4 is 14.4 Å². The maximum absolute atomic E-state index is 13.5. The van der Waals surface area contributed by atoms with Gasteiger partial charge >= 0.3 is 0 Å². The first-order valence-corrected chi connectivity index (χ1v) is 17.6. The van der Waals surface area contributed by atoms with Crippen LogP contribution in [0.25, 0.3) is 0 Å². The number of ether oxygens (including phenoxy) is 1. The van der Waals surface area contributed by atoms with E-state index in [0.29, 0.717) is 43.2 Å². The quantitative estimate of drug-likeness (QED) is 0.361. The highest BCUT2D eigenvalue weighted by Gasteiger charge is 2.47. The zero-order chi connectivity index (χ0) is 30.8. The number of halogens is 1. The van der Waals surface area contributed by atoms with Gasteiger partial charge in [0, 0.05) is 29.1 Å². The Morgan fingerprint density at radius 2 is 1.98 bits per heavy atom. The van der Waals surface area contributed by atoms with Gasteiger partial charge in [0.15, 0.2) is 0 Å². The van der Waals surface area contributed by atoms with Gasteiger partial charge in [-0.3, -0.25) is 4.79 Å². The number of benzene rings is 2. The molecule has 1 unspecified atom stereocenters. The Hall–Kier alpha value is -2.55. The number of nitrogens with one attached hydrogen (secondary N) is 1. The lowest BCUT2D eigenvalue weighted by atomic mass is 9.58. The van der Waals surface area contributed by atoms with E-state index in [0.717, 1.165) is 49.9 Å². The number of amides is 1. The molecule has 1 aliphatic carbocycles. The number of hydrogen-bond acceptors (Lipinski definition) is 6. The van der Waals surface area contributed by atoms with Crippen LogP contribution in [0.5, 0.6) is 5.75 Å². The largest absolute Gasteiger partial charge is 0.487 e. The van der Waals surface area contributed by atoms with E-state index < -0.39 is 27.3 Å². The summed E-state index contributed by atoms with van der Waals surface area (Å²) in [7, 11) is -3.95. The smallest absolute Gasteiger partial charge is 0.264 e. The van der Waals surface area contributed by atoms with E-state index in [1.54, 1.807) is 18.2 Å². The van der Waals surface area contributed by atoms with Gasteiger partial charge in [0.25, 0.3) is 5.91 Å². The van der Waals surface area contributed by atoms with E-state index in [4.69, 9.17) is 16.3 Å². The van der Waals surface area contributed by atoms with Crippen molar-refractivity contribution in [1.29, 1.82) is 0 Å². The molecule has 7 nitrogen and oxygen atoms in total. The minimum Gasteiger partial charge on any atom is -0.487 e. The van der Waals surface area contributed by atoms with Gasteiger partial charge < -0.3 is 14.7 Å². The molecule has 2 N–H and O–H groups in total. The molecule has 0 saturated heterocycles. The molecule has 9 heteroatoms. The van der Waals surface area contributed by atoms with Gasteiger partial charge in [0.2, 0.25) is 10.0 Å². The lowest BCUT2D eigenvalue weighted by Gasteiger charge is -2.51. The molecule has 2 bridgehead atoms. The van der Waals surface area contributed by atoms with Crippen LogP contribution in [-0.4, -0.2) is 43.9 Å². The Morgan fingerprint density at radius 1 is 1.16 bits per heavy atom. The van der Waals surface area contributed by atoms with Crippen molar-refractivity contribution in [2.24, 2.45) is 17.3 Å². The third-order valence-corrected chi connectivity index (χ3v) is 12.2. The number of anilines is 1. The average Bonchev–Trinajstić information content (AvgIpc) is 2.99. The number of aliphatic hydroxyl groups excluding tert-OH is 1. The lowest BCUT2D eigenvalue weighted by Crippen LogP contribution is -2.51. The summed E-state index contributed by atoms with van der Waals surface area (Å²) in [5, 5.41) is 11.3. The number of rotatable bonds is 2. The van der Waals surface area contributed by atoms with E-state index in [-0.39, 0.29) is 22.8 Å². The number of sulfonamides is 1. The molecule has 43 heavy (non-hydrogen) atoms. The molecule has 0 radical (unpaired) electrons. The van der Waals surface area contributed by atoms with Crippen molar-refractivity contribution < 1.29 is 23.1 Å². The monoisotopic (exact) mass is 628 g/mol. The number of nitrogens with zero attached hydrogens (tertiary/aromatic N) is 1. The van der Waals surface area contributed by atoms with Gasteiger partial charge in [0.05, 0.1) is 17.0 Å². The average molecular weight is 629 g/mol. The Labute approximate surface area is 261 Å². The lowest BCUT2D eigenvalue weighted by molar-refractivity contribution is -0.0467. The summed E-state index contributed by atoms with van der Waals surface area (Å²) in [6.45, 7) is 7.80. The summed E-state index contributed by atoms with van der Waals surface area (Å²) in [5.41, 5.74) is 3.01. The molecule has 0 spiro atoms. The third-order valence-electron chi connectivity index (χ3n) is 9.99. The first-order valence-electron chi connectivity index (χ1n) is 15.7. The van der Waals surface area contributed by atoms with Crippen LogP contribution in [0.3, 0.4) is 0 Å². The molecule has 234 valence electrons. The van der Waals surface area contributed by atoms with Crippen molar-refractivity contribution in [1.82, 2.24) is 4.72 Å². The highest BCUT2D eigenvalue weighted by atomic mass is 35.5. The van der Waals surface area contributed by atoms with Gasteiger partial charge in [-0.2, -0.15) is 0 Å². The highest BCUT2D eigenvalue weighted by Crippen LogP contribution is 2.50. The number of hydrogen-bond donors (Lipinski definition) is 2. The highest BCUT2D eigenvalue weighted by molar-refractivity contribution is 7.90.